The van der Waals surface area contributed by atoms with Gasteiger partial charge in [-0.25, -0.2) is 13.1 Å². The van der Waals surface area contributed by atoms with Crippen molar-refractivity contribution in [3.05, 3.63) is 27.7 Å². The van der Waals surface area contributed by atoms with Crippen molar-refractivity contribution in [2.24, 2.45) is 0 Å². The summed E-state index contributed by atoms with van der Waals surface area (Å²) in [5.41, 5.74) is -0.497. The molecule has 0 aliphatic carbocycles. The van der Waals surface area contributed by atoms with Crippen LogP contribution in [0.4, 0.5) is 0 Å². The van der Waals surface area contributed by atoms with Gasteiger partial charge in [0, 0.05) is 17.2 Å². The molecule has 0 amide bonds. The molecule has 0 aromatic heterocycles. The minimum atomic E-state index is -3.85. The Hall–Kier alpha value is -0.370. The Morgan fingerprint density at radius 1 is 1.48 bits per heavy atom. The maximum atomic E-state index is 12.6. The highest BCUT2D eigenvalue weighted by atomic mass is 35.5. The van der Waals surface area contributed by atoms with E-state index in [1.807, 2.05) is 6.92 Å². The number of aliphatic hydroxyl groups is 1. The third-order valence-corrected chi connectivity index (χ3v) is 6.40. The number of nitrogens with one attached hydrogen (secondary N) is 1. The van der Waals surface area contributed by atoms with Gasteiger partial charge in [-0.1, -0.05) is 23.2 Å². The van der Waals surface area contributed by atoms with Crippen molar-refractivity contribution < 1.29 is 18.3 Å². The minimum absolute atomic E-state index is 0.0623. The van der Waals surface area contributed by atoms with Crippen LogP contribution in [-0.2, 0) is 21.4 Å². The molecule has 1 aliphatic rings. The van der Waals surface area contributed by atoms with Gasteiger partial charge in [0.25, 0.3) is 0 Å². The smallest absolute Gasteiger partial charge is 0.242 e. The van der Waals surface area contributed by atoms with Gasteiger partial charge < -0.3 is 9.84 Å². The number of sulfonamides is 1. The molecule has 0 radical (unpaired) electrons. The maximum absolute atomic E-state index is 12.6. The van der Waals surface area contributed by atoms with Crippen molar-refractivity contribution in [3.63, 3.8) is 0 Å². The topological polar surface area (TPSA) is 75.6 Å². The van der Waals surface area contributed by atoms with E-state index in [9.17, 15) is 13.5 Å². The summed E-state index contributed by atoms with van der Waals surface area (Å²) in [4.78, 5) is -0.0991. The van der Waals surface area contributed by atoms with Crippen LogP contribution in [0.15, 0.2) is 17.0 Å². The lowest BCUT2D eigenvalue weighted by Gasteiger charge is -2.28. The Labute approximate surface area is 134 Å². The lowest BCUT2D eigenvalue weighted by Crippen LogP contribution is -2.50. The van der Waals surface area contributed by atoms with Crippen LogP contribution < -0.4 is 4.72 Å². The molecule has 0 saturated carbocycles. The predicted octanol–water partition coefficient (Wildman–Crippen LogP) is 2.33. The lowest BCUT2D eigenvalue weighted by atomic mass is 9.97. The van der Waals surface area contributed by atoms with Crippen molar-refractivity contribution in [2.75, 3.05) is 6.61 Å². The van der Waals surface area contributed by atoms with E-state index in [1.54, 1.807) is 6.92 Å². The molecular weight excluding hydrogens is 337 g/mol. The summed E-state index contributed by atoms with van der Waals surface area (Å²) in [6.45, 7) is 3.67. The fourth-order valence-corrected chi connectivity index (χ4v) is 4.65. The molecule has 0 bridgehead atoms. The second-order valence-electron chi connectivity index (χ2n) is 5.28. The van der Waals surface area contributed by atoms with Crippen LogP contribution in [0.3, 0.4) is 0 Å². The monoisotopic (exact) mass is 353 g/mol. The zero-order valence-corrected chi connectivity index (χ0v) is 14.0. The molecule has 2 rings (SSSR count). The van der Waals surface area contributed by atoms with Gasteiger partial charge >= 0.3 is 0 Å². The van der Waals surface area contributed by atoms with Crippen LogP contribution in [0.5, 0.6) is 0 Å². The average Bonchev–Trinajstić information content (AvgIpc) is 2.68. The molecule has 21 heavy (non-hydrogen) atoms. The Morgan fingerprint density at radius 2 is 2.14 bits per heavy atom. The third-order valence-electron chi connectivity index (χ3n) is 3.85. The highest BCUT2D eigenvalue weighted by Gasteiger charge is 2.41. The van der Waals surface area contributed by atoms with Crippen molar-refractivity contribution in [2.45, 2.75) is 43.4 Å². The summed E-state index contributed by atoms with van der Waals surface area (Å²) >= 11 is 12.0. The summed E-state index contributed by atoms with van der Waals surface area (Å²) in [6.07, 6.45) is 0.335. The zero-order valence-electron chi connectivity index (χ0n) is 11.7. The van der Waals surface area contributed by atoms with Crippen LogP contribution in [0, 0.1) is 0 Å². The second kappa shape index (κ2) is 6.02. The van der Waals surface area contributed by atoms with Crippen LogP contribution in [0.1, 0.15) is 25.8 Å². The third kappa shape index (κ3) is 3.21. The normalized spacial score (nSPS) is 26.2. The van der Waals surface area contributed by atoms with Crippen molar-refractivity contribution >= 4 is 33.2 Å². The van der Waals surface area contributed by atoms with Gasteiger partial charge in [0.15, 0.2) is 0 Å². The fraction of sp³-hybridized carbons (Fsp3) is 0.538. The molecule has 1 aromatic carbocycles. The molecule has 1 saturated heterocycles. The van der Waals surface area contributed by atoms with Crippen molar-refractivity contribution in [1.82, 2.24) is 4.72 Å². The fourth-order valence-electron chi connectivity index (χ4n) is 2.26. The van der Waals surface area contributed by atoms with E-state index < -0.39 is 22.2 Å². The lowest BCUT2D eigenvalue weighted by molar-refractivity contribution is 0.0957. The molecule has 1 fully saturated rings. The summed E-state index contributed by atoms with van der Waals surface area (Å²) in [5, 5.41) is 9.43. The van der Waals surface area contributed by atoms with Crippen molar-refractivity contribution in [3.8, 4) is 0 Å². The molecule has 1 aromatic rings. The maximum Gasteiger partial charge on any atom is 0.242 e. The van der Waals surface area contributed by atoms with Gasteiger partial charge in [0.2, 0.25) is 10.0 Å². The Morgan fingerprint density at radius 3 is 2.67 bits per heavy atom. The van der Waals surface area contributed by atoms with E-state index in [-0.39, 0.29) is 26.6 Å². The number of aliphatic hydroxyl groups excluding tert-OH is 1. The number of hydrogen-bond donors (Lipinski definition) is 2. The SMILES string of the molecule is CC1OCCC1(C)NS(=O)(=O)c1ccc(Cl)c(CO)c1Cl. The Balaban J connectivity index is 2.41. The average molecular weight is 354 g/mol. The molecule has 8 heteroatoms. The molecule has 2 unspecified atom stereocenters. The zero-order chi connectivity index (χ0) is 15.8. The first kappa shape index (κ1) is 17.0. The molecule has 1 aliphatic heterocycles. The molecular formula is C13H17Cl2NO4S. The number of benzene rings is 1. The number of halogens is 2. The van der Waals surface area contributed by atoms with Gasteiger partial charge in [-0.3, -0.25) is 0 Å². The highest BCUT2D eigenvalue weighted by molar-refractivity contribution is 7.89. The van der Waals surface area contributed by atoms with Gasteiger partial charge in [-0.05, 0) is 32.4 Å². The first-order chi connectivity index (χ1) is 9.71. The minimum Gasteiger partial charge on any atom is -0.392 e. The van der Waals surface area contributed by atoms with E-state index in [0.29, 0.717) is 13.0 Å². The standard InChI is InChI=1S/C13H17Cl2NO4S/c1-8-13(2,5-6-20-8)16-21(18,19)11-4-3-10(14)9(7-17)12(11)15/h3-4,8,16-17H,5-7H2,1-2H3. The number of rotatable bonds is 4. The first-order valence-corrected chi connectivity index (χ1v) is 8.68. The molecule has 2 atom stereocenters. The number of hydrogen-bond acceptors (Lipinski definition) is 4. The quantitative estimate of drug-likeness (QED) is 0.870. The predicted molar refractivity (Wildman–Crippen MR) is 81.1 cm³/mol. The Kier molecular flexibility index (Phi) is 4.87. The van der Waals surface area contributed by atoms with E-state index in [1.165, 1.54) is 12.1 Å². The van der Waals surface area contributed by atoms with Gasteiger partial charge in [-0.2, -0.15) is 0 Å². The van der Waals surface area contributed by atoms with E-state index in [0.717, 1.165) is 0 Å². The summed E-state index contributed by atoms with van der Waals surface area (Å²) in [6, 6.07) is 2.74. The van der Waals surface area contributed by atoms with E-state index in [2.05, 4.69) is 4.72 Å². The van der Waals surface area contributed by atoms with Crippen LogP contribution in [0.25, 0.3) is 0 Å². The largest absolute Gasteiger partial charge is 0.392 e. The molecule has 1 heterocycles. The molecule has 0 spiro atoms. The Bertz CT molecular complexity index is 650. The second-order valence-corrected chi connectivity index (χ2v) is 7.72. The molecule has 5 nitrogen and oxygen atoms in total. The van der Waals surface area contributed by atoms with Gasteiger partial charge in [0.05, 0.1) is 23.3 Å². The van der Waals surface area contributed by atoms with Crippen molar-refractivity contribution in [1.29, 1.82) is 0 Å². The summed E-state index contributed by atoms with van der Waals surface area (Å²) in [5.74, 6) is 0. The molecule has 118 valence electrons. The van der Waals surface area contributed by atoms with Crippen LogP contribution >= 0.6 is 23.2 Å². The van der Waals surface area contributed by atoms with Crippen LogP contribution in [0.2, 0.25) is 10.0 Å². The van der Waals surface area contributed by atoms with E-state index in [4.69, 9.17) is 27.9 Å². The molecule has 2 N–H and O–H groups in total. The van der Waals surface area contributed by atoms with Gasteiger partial charge in [0.1, 0.15) is 4.90 Å². The highest BCUT2D eigenvalue weighted by Crippen LogP contribution is 2.33. The van der Waals surface area contributed by atoms with Crippen LogP contribution in [-0.4, -0.2) is 31.8 Å². The summed E-state index contributed by atoms with van der Waals surface area (Å²) < 4.78 is 33.2. The summed E-state index contributed by atoms with van der Waals surface area (Å²) in [7, 11) is -3.85. The van der Waals surface area contributed by atoms with E-state index >= 15 is 0 Å². The van der Waals surface area contributed by atoms with Gasteiger partial charge in [-0.15, -0.1) is 0 Å². The number of ether oxygens (including phenoxy) is 1. The first-order valence-electron chi connectivity index (χ1n) is 6.44.